The van der Waals surface area contributed by atoms with Gasteiger partial charge in [-0.1, -0.05) is 29.8 Å². The SMILES string of the molecule is FC(F)F.O=C(Nc1cccnn1)N1CCC(=Cc2cccc(Oc3ccccn3)c2)CC1. The summed E-state index contributed by atoms with van der Waals surface area (Å²) in [5, 5.41) is 10.4. The van der Waals surface area contributed by atoms with Gasteiger partial charge in [0.25, 0.3) is 0 Å². The highest BCUT2D eigenvalue weighted by atomic mass is 19.4. The number of alkyl halides is 3. The van der Waals surface area contributed by atoms with Crippen molar-refractivity contribution in [3.63, 3.8) is 0 Å². The number of piperidine rings is 1. The summed E-state index contributed by atoms with van der Waals surface area (Å²) in [6, 6.07) is 16.8. The van der Waals surface area contributed by atoms with Gasteiger partial charge in [0.2, 0.25) is 5.88 Å². The summed E-state index contributed by atoms with van der Waals surface area (Å²) in [5.74, 6) is 1.78. The van der Waals surface area contributed by atoms with Crippen LogP contribution in [0, 0.1) is 0 Å². The molecule has 2 aromatic heterocycles. The van der Waals surface area contributed by atoms with Crippen molar-refractivity contribution in [3.8, 4) is 11.6 Å². The molecule has 0 radical (unpaired) electrons. The van der Waals surface area contributed by atoms with E-state index in [4.69, 9.17) is 4.74 Å². The van der Waals surface area contributed by atoms with Crippen LogP contribution in [-0.4, -0.2) is 45.9 Å². The number of carbonyl (C=O) groups excluding carboxylic acids is 1. The Morgan fingerprint density at radius 2 is 1.82 bits per heavy atom. The molecule has 0 atom stereocenters. The van der Waals surface area contributed by atoms with Gasteiger partial charge in [0.1, 0.15) is 5.75 Å². The summed E-state index contributed by atoms with van der Waals surface area (Å²) in [6.07, 6.45) is 7.11. The van der Waals surface area contributed by atoms with Crippen LogP contribution < -0.4 is 10.1 Å². The summed E-state index contributed by atoms with van der Waals surface area (Å²) >= 11 is 0. The maximum absolute atomic E-state index is 12.4. The smallest absolute Gasteiger partial charge is 0.379 e. The van der Waals surface area contributed by atoms with E-state index >= 15 is 0 Å². The molecule has 1 N–H and O–H groups in total. The van der Waals surface area contributed by atoms with Crippen LogP contribution in [0.15, 0.2) is 72.6 Å². The van der Waals surface area contributed by atoms with Gasteiger partial charge in [0, 0.05) is 31.5 Å². The molecule has 10 heteroatoms. The van der Waals surface area contributed by atoms with E-state index in [0.29, 0.717) is 24.8 Å². The zero-order valence-corrected chi connectivity index (χ0v) is 17.6. The van der Waals surface area contributed by atoms with E-state index in [2.05, 4.69) is 26.6 Å². The first kappa shape index (κ1) is 23.7. The number of hydrogen-bond donors (Lipinski definition) is 1. The monoisotopic (exact) mass is 457 g/mol. The molecule has 1 aliphatic rings. The lowest BCUT2D eigenvalue weighted by molar-refractivity contribution is 0.00819. The van der Waals surface area contributed by atoms with Crippen LogP contribution in [-0.2, 0) is 0 Å². The van der Waals surface area contributed by atoms with E-state index in [9.17, 15) is 18.0 Å². The van der Waals surface area contributed by atoms with Crippen molar-refractivity contribution in [2.75, 3.05) is 18.4 Å². The minimum Gasteiger partial charge on any atom is -0.439 e. The van der Waals surface area contributed by atoms with E-state index in [0.717, 1.165) is 24.2 Å². The lowest BCUT2D eigenvalue weighted by Gasteiger charge is -2.28. The average molecular weight is 457 g/mol. The van der Waals surface area contributed by atoms with Crippen molar-refractivity contribution < 1.29 is 22.7 Å². The number of halogens is 3. The fourth-order valence-electron chi connectivity index (χ4n) is 3.13. The van der Waals surface area contributed by atoms with Gasteiger partial charge in [-0.2, -0.15) is 18.3 Å². The van der Waals surface area contributed by atoms with Crippen molar-refractivity contribution in [2.24, 2.45) is 0 Å². The number of ether oxygens (including phenoxy) is 1. The van der Waals surface area contributed by atoms with Crippen molar-refractivity contribution in [1.29, 1.82) is 0 Å². The van der Waals surface area contributed by atoms with E-state index < -0.39 is 6.68 Å². The molecule has 0 saturated carbocycles. The largest absolute Gasteiger partial charge is 0.439 e. The van der Waals surface area contributed by atoms with Crippen molar-refractivity contribution in [2.45, 2.75) is 19.5 Å². The molecule has 0 bridgehead atoms. The molecule has 2 amide bonds. The van der Waals surface area contributed by atoms with Crippen molar-refractivity contribution in [3.05, 3.63) is 78.1 Å². The second kappa shape index (κ2) is 12.2. The molecular formula is C23H22F3N5O2. The van der Waals surface area contributed by atoms with Crippen LogP contribution in [0.4, 0.5) is 23.8 Å². The average Bonchev–Trinajstić information content (AvgIpc) is 2.81. The van der Waals surface area contributed by atoms with Crippen LogP contribution in [0.25, 0.3) is 6.08 Å². The molecule has 1 fully saturated rings. The zero-order chi connectivity index (χ0) is 23.5. The van der Waals surface area contributed by atoms with E-state index in [1.165, 1.54) is 5.57 Å². The molecule has 0 unspecified atom stereocenters. The maximum Gasteiger partial charge on any atom is 0.379 e. The highest BCUT2D eigenvalue weighted by molar-refractivity contribution is 5.88. The molecule has 0 aliphatic carbocycles. The molecule has 7 nitrogen and oxygen atoms in total. The second-order valence-electron chi connectivity index (χ2n) is 6.92. The maximum atomic E-state index is 12.4. The lowest BCUT2D eigenvalue weighted by Crippen LogP contribution is -2.39. The molecule has 1 aromatic carbocycles. The number of aromatic nitrogens is 3. The van der Waals surface area contributed by atoms with Gasteiger partial charge in [-0.15, -0.1) is 5.10 Å². The Kier molecular flexibility index (Phi) is 8.75. The Labute approximate surface area is 188 Å². The van der Waals surface area contributed by atoms with Gasteiger partial charge in [0.05, 0.1) is 0 Å². The van der Waals surface area contributed by atoms with Gasteiger partial charge in [-0.25, -0.2) is 9.78 Å². The third-order valence-corrected chi connectivity index (χ3v) is 4.59. The molecule has 172 valence electrons. The first-order valence-electron chi connectivity index (χ1n) is 10.1. The topological polar surface area (TPSA) is 80.2 Å². The van der Waals surface area contributed by atoms with Crippen LogP contribution in [0.2, 0.25) is 0 Å². The normalized spacial score (nSPS) is 13.1. The number of hydrogen-bond acceptors (Lipinski definition) is 5. The molecular weight excluding hydrogens is 435 g/mol. The Balaban J connectivity index is 0.000000709. The number of carbonyl (C=O) groups is 1. The minimum absolute atomic E-state index is 0.143. The van der Waals surface area contributed by atoms with Crippen LogP contribution in [0.5, 0.6) is 11.6 Å². The van der Waals surface area contributed by atoms with E-state index in [1.54, 1.807) is 29.4 Å². The zero-order valence-electron chi connectivity index (χ0n) is 17.6. The first-order valence-corrected chi connectivity index (χ1v) is 10.1. The summed E-state index contributed by atoms with van der Waals surface area (Å²) in [5.41, 5.74) is 2.38. The molecule has 0 spiro atoms. The van der Waals surface area contributed by atoms with Gasteiger partial charge in [-0.05, 0) is 48.7 Å². The Morgan fingerprint density at radius 1 is 1.03 bits per heavy atom. The van der Waals surface area contributed by atoms with Gasteiger partial charge >= 0.3 is 12.7 Å². The predicted molar refractivity (Wildman–Crippen MR) is 118 cm³/mol. The Hall–Kier alpha value is -3.95. The predicted octanol–water partition coefficient (Wildman–Crippen LogP) is 5.55. The van der Waals surface area contributed by atoms with E-state index in [-0.39, 0.29) is 6.03 Å². The third kappa shape index (κ3) is 8.24. The molecule has 33 heavy (non-hydrogen) atoms. The number of rotatable bonds is 4. The number of amides is 2. The second-order valence-corrected chi connectivity index (χ2v) is 6.92. The molecule has 1 saturated heterocycles. The standard InChI is InChI=1S/C22H21N5O2.CHF3/c28-22(25-20-7-4-12-24-26-20)27-13-9-17(10-14-27)15-18-5-3-6-19(16-18)29-21-8-1-2-11-23-21;2-1(3)4/h1-8,11-12,15-16H,9-10,13-14H2,(H,25,26,28);1H. The fourth-order valence-corrected chi connectivity index (χ4v) is 3.13. The number of anilines is 1. The van der Waals surface area contributed by atoms with Crippen LogP contribution in [0.3, 0.4) is 0 Å². The highest BCUT2D eigenvalue weighted by Crippen LogP contribution is 2.24. The summed E-state index contributed by atoms with van der Waals surface area (Å²) in [4.78, 5) is 18.3. The Bertz CT molecular complexity index is 1040. The van der Waals surface area contributed by atoms with Crippen LogP contribution >= 0.6 is 0 Å². The fraction of sp³-hybridized carbons (Fsp3) is 0.217. The number of likely N-dealkylation sites (tertiary alicyclic amines) is 1. The third-order valence-electron chi connectivity index (χ3n) is 4.59. The Morgan fingerprint density at radius 3 is 2.48 bits per heavy atom. The number of urea groups is 1. The number of nitrogens with zero attached hydrogens (tertiary/aromatic N) is 4. The number of benzene rings is 1. The molecule has 4 rings (SSSR count). The lowest BCUT2D eigenvalue weighted by atomic mass is 10.0. The summed E-state index contributed by atoms with van der Waals surface area (Å²) in [7, 11) is 0. The van der Waals surface area contributed by atoms with Crippen LogP contribution in [0.1, 0.15) is 18.4 Å². The summed E-state index contributed by atoms with van der Waals surface area (Å²) in [6.45, 7) is -2.33. The summed E-state index contributed by atoms with van der Waals surface area (Å²) < 4.78 is 34.8. The quantitative estimate of drug-likeness (QED) is 0.555. The minimum atomic E-state index is -3.67. The first-order chi connectivity index (χ1) is 16.0. The van der Waals surface area contributed by atoms with Crippen molar-refractivity contribution in [1.82, 2.24) is 20.1 Å². The number of pyridine rings is 1. The van der Waals surface area contributed by atoms with Gasteiger partial charge in [0.15, 0.2) is 5.82 Å². The molecule has 3 heterocycles. The number of nitrogens with one attached hydrogen (secondary N) is 1. The highest BCUT2D eigenvalue weighted by Gasteiger charge is 2.19. The van der Waals surface area contributed by atoms with E-state index in [1.807, 2.05) is 42.5 Å². The molecule has 1 aliphatic heterocycles. The van der Waals surface area contributed by atoms with Gasteiger partial charge in [-0.3, -0.25) is 5.32 Å². The molecule has 3 aromatic rings. The van der Waals surface area contributed by atoms with Gasteiger partial charge < -0.3 is 9.64 Å². The van der Waals surface area contributed by atoms with Crippen molar-refractivity contribution >= 4 is 17.9 Å².